The van der Waals surface area contributed by atoms with E-state index in [-0.39, 0.29) is 100 Å². The Hall–Kier alpha value is -2.55. The molecule has 4 N–H and O–H groups in total. The van der Waals surface area contributed by atoms with Crippen molar-refractivity contribution in [3.05, 3.63) is 0 Å². The number of nitrogens with zero attached hydrogens (tertiary/aromatic N) is 1. The molecule has 0 aromatic rings. The number of hydroxylamine groups is 2. The summed E-state index contributed by atoms with van der Waals surface area (Å²) in [7, 11) is 0. The van der Waals surface area contributed by atoms with Crippen LogP contribution in [-0.4, -0.2) is 117 Å². The summed E-state index contributed by atoms with van der Waals surface area (Å²) < 4.78 is 20.0. The molecule has 0 atom stereocenters. The van der Waals surface area contributed by atoms with Crippen LogP contribution < -0.4 is 40.5 Å². The van der Waals surface area contributed by atoms with Crippen molar-refractivity contribution in [3.8, 4) is 0 Å². The van der Waals surface area contributed by atoms with E-state index >= 15 is 0 Å². The third-order valence-electron chi connectivity index (χ3n) is 4.08. The van der Waals surface area contributed by atoms with Gasteiger partial charge in [0.1, 0.15) is 13.2 Å². The van der Waals surface area contributed by atoms with Crippen LogP contribution in [0.4, 0.5) is 0 Å². The quantitative estimate of drug-likeness (QED) is 0.0283. The molecule has 2 amide bonds. The Labute approximate surface area is 271 Å². The number of nitrogens with two attached hydrogens (primary N) is 1. The molecule has 18 nitrogen and oxygen atoms in total. The number of Topliss-reactive ketones (excluding diaryl/α,β-unsaturated/α-hetero) is 1. The first-order valence-electron chi connectivity index (χ1n) is 12.8. The van der Waals surface area contributed by atoms with Crippen molar-refractivity contribution in [2.75, 3.05) is 59.4 Å². The maximum atomic E-state index is 11.2. The summed E-state index contributed by atoms with van der Waals surface area (Å²) in [5, 5.41) is 25.1. The first-order chi connectivity index (χ1) is 20.0. The topological polar surface area (TPSA) is 268 Å². The second-order valence-electron chi connectivity index (χ2n) is 7.45. The fourth-order valence-corrected chi connectivity index (χ4v) is 2.28. The van der Waals surface area contributed by atoms with E-state index in [4.69, 9.17) is 44.9 Å². The van der Waals surface area contributed by atoms with E-state index in [2.05, 4.69) is 9.73 Å². The molecule has 1 heterocycles. The second-order valence-corrected chi connectivity index (χ2v) is 7.45. The van der Waals surface area contributed by atoms with Gasteiger partial charge in [-0.3, -0.25) is 28.8 Å². The van der Waals surface area contributed by atoms with Gasteiger partial charge in [-0.1, -0.05) is 0 Å². The van der Waals surface area contributed by atoms with Gasteiger partial charge in [0, 0.05) is 45.4 Å². The van der Waals surface area contributed by atoms with Gasteiger partial charge in [0.15, 0.2) is 5.78 Å². The largest absolute Gasteiger partial charge is 1.00 e. The molecule has 1 fully saturated rings. The summed E-state index contributed by atoms with van der Waals surface area (Å²) in [5.41, 5.74) is 4.85. The van der Waals surface area contributed by atoms with E-state index in [9.17, 15) is 28.8 Å². The first kappa shape index (κ1) is 47.4. The standard InChI is InChI=1S/C10H15NO6.C10H18O5.C3H7NO2.CH2O3.Na/c1-2-15-5-6-16-7-10(14)17-11-8(12)3-4-9(11)13;1-2-14-6-7-15-8-9(11)4-3-5-10(12)13;4-2-1-3(5)6;2-1-4-3;/h2-7H2,1H3;2-8H2,1H3,(H,12,13);1-2,4H2,(H,5,6);1,3H;/q;;;;+1/p-1. The van der Waals surface area contributed by atoms with Crippen LogP contribution in [0.3, 0.4) is 0 Å². The molecule has 0 radical (unpaired) electrons. The number of carbonyl (C=O) groups is 7. The van der Waals surface area contributed by atoms with Crippen molar-refractivity contribution in [1.29, 1.82) is 0 Å². The van der Waals surface area contributed by atoms with E-state index in [1.54, 1.807) is 0 Å². The Morgan fingerprint density at radius 1 is 0.837 bits per heavy atom. The Kier molecular flexibility index (Phi) is 39.3. The maximum absolute atomic E-state index is 11.2. The zero-order valence-electron chi connectivity index (χ0n) is 24.8. The number of carbonyl (C=O) groups excluding carboxylic acids is 5. The monoisotopic (exact) mass is 636 g/mol. The third-order valence-corrected chi connectivity index (χ3v) is 4.08. The maximum Gasteiger partial charge on any atom is 1.00 e. The van der Waals surface area contributed by atoms with Gasteiger partial charge in [0.25, 0.3) is 18.3 Å². The van der Waals surface area contributed by atoms with E-state index < -0.39 is 29.7 Å². The van der Waals surface area contributed by atoms with Gasteiger partial charge < -0.3 is 49.9 Å². The number of hydrogen-bond acceptors (Lipinski definition) is 15. The number of amides is 2. The van der Waals surface area contributed by atoms with Crippen LogP contribution in [0, 0.1) is 0 Å². The van der Waals surface area contributed by atoms with Crippen molar-refractivity contribution >= 4 is 42.0 Å². The minimum atomic E-state index is -0.875. The molecule has 1 aliphatic heterocycles. The van der Waals surface area contributed by atoms with Gasteiger partial charge in [0.05, 0.1) is 32.8 Å². The third kappa shape index (κ3) is 37.4. The van der Waals surface area contributed by atoms with E-state index in [0.29, 0.717) is 44.5 Å². The molecule has 19 heteroatoms. The number of imide groups is 1. The van der Waals surface area contributed by atoms with Crippen LogP contribution in [0.1, 0.15) is 52.4 Å². The Bertz CT molecular complexity index is 768. The minimum Gasteiger partial charge on any atom is -0.662 e. The van der Waals surface area contributed by atoms with Crippen LogP contribution in [0.25, 0.3) is 0 Å². The molecular weight excluding hydrogens is 595 g/mol. The van der Waals surface area contributed by atoms with Crippen LogP contribution in [0.15, 0.2) is 0 Å². The molecule has 0 aromatic heterocycles. The minimum absolute atomic E-state index is 0. The molecule has 0 aliphatic carbocycles. The summed E-state index contributed by atoms with van der Waals surface area (Å²) in [4.78, 5) is 80.0. The summed E-state index contributed by atoms with van der Waals surface area (Å²) in [5.74, 6) is -3.55. The Morgan fingerprint density at radius 2 is 1.28 bits per heavy atom. The number of ether oxygens (including phenoxy) is 4. The zero-order chi connectivity index (χ0) is 32.6. The predicted molar refractivity (Wildman–Crippen MR) is 137 cm³/mol. The van der Waals surface area contributed by atoms with Crippen LogP contribution in [0.5, 0.6) is 0 Å². The molecule has 1 saturated heterocycles. The average molecular weight is 637 g/mol. The number of carboxylic acid groups (broad SMARTS) is 2. The summed E-state index contributed by atoms with van der Waals surface area (Å²) in [6.45, 7) is 6.25. The second kappa shape index (κ2) is 35.6. The number of aliphatic carboxylic acids is 2. The summed E-state index contributed by atoms with van der Waals surface area (Å²) >= 11 is 0. The van der Waals surface area contributed by atoms with Crippen molar-refractivity contribution in [2.24, 2.45) is 5.73 Å². The van der Waals surface area contributed by atoms with Crippen molar-refractivity contribution in [2.45, 2.75) is 52.4 Å². The van der Waals surface area contributed by atoms with Crippen molar-refractivity contribution in [1.82, 2.24) is 5.06 Å². The molecule has 1 rings (SSSR count). The molecule has 0 unspecified atom stereocenters. The Balaban J connectivity index is -0.000000266. The number of ketones is 1. The zero-order valence-corrected chi connectivity index (χ0v) is 26.8. The number of hydrogen-bond donors (Lipinski definition) is 3. The van der Waals surface area contributed by atoms with Gasteiger partial charge in [-0.2, -0.15) is 0 Å². The van der Waals surface area contributed by atoms with Gasteiger partial charge in [0.2, 0.25) is 0 Å². The molecule has 0 bridgehead atoms. The SMILES string of the molecule is CCOCCOCC(=O)CCCC(=O)O.CCOCCOCC(=O)ON1C(=O)CCC1=O.NCCC(=O)O.O=CO[O-].[Na+]. The number of rotatable bonds is 20. The van der Waals surface area contributed by atoms with Gasteiger partial charge in [-0.05, 0) is 20.3 Å². The van der Waals surface area contributed by atoms with E-state index in [1.165, 1.54) is 0 Å². The van der Waals surface area contributed by atoms with E-state index in [1.807, 2.05) is 13.8 Å². The molecule has 0 aromatic carbocycles. The molecule has 0 spiro atoms. The number of carboxylic acids is 2. The van der Waals surface area contributed by atoms with Gasteiger partial charge >= 0.3 is 47.5 Å². The average Bonchev–Trinajstić information content (AvgIpc) is 3.25. The normalized spacial score (nSPS) is 11.3. The molecule has 43 heavy (non-hydrogen) atoms. The fourth-order valence-electron chi connectivity index (χ4n) is 2.28. The van der Waals surface area contributed by atoms with Crippen molar-refractivity contribution in [3.63, 3.8) is 0 Å². The molecule has 0 saturated carbocycles. The fraction of sp³-hybridized carbons (Fsp3) is 0.708. The van der Waals surface area contributed by atoms with Crippen LogP contribution in [0.2, 0.25) is 0 Å². The van der Waals surface area contributed by atoms with E-state index in [0.717, 1.165) is 0 Å². The van der Waals surface area contributed by atoms with Gasteiger partial charge in [-0.25, -0.2) is 4.79 Å². The first-order valence-corrected chi connectivity index (χ1v) is 12.8. The summed E-state index contributed by atoms with van der Waals surface area (Å²) in [6.07, 6.45) is 0.906. The Morgan fingerprint density at radius 3 is 1.65 bits per heavy atom. The van der Waals surface area contributed by atoms with Gasteiger partial charge in [-0.15, -0.1) is 5.06 Å². The molecule has 244 valence electrons. The molecular formula is C24H41N2NaO16. The van der Waals surface area contributed by atoms with Crippen LogP contribution >= 0.6 is 0 Å². The molecule has 1 aliphatic rings. The smallest absolute Gasteiger partial charge is 0.662 e. The van der Waals surface area contributed by atoms with Crippen molar-refractivity contribution < 1.29 is 107 Å². The van der Waals surface area contributed by atoms with Crippen LogP contribution in [-0.2, 0) is 62.2 Å². The summed E-state index contributed by atoms with van der Waals surface area (Å²) in [6, 6.07) is 0. The predicted octanol–water partition coefficient (Wildman–Crippen LogP) is -4.63.